The van der Waals surface area contributed by atoms with Crippen LogP contribution in [0, 0.1) is 16.6 Å². The lowest BCUT2D eigenvalue weighted by Gasteiger charge is -2.71. The predicted octanol–water partition coefficient (Wildman–Crippen LogP) is 6.07. The second kappa shape index (κ2) is 12.1. The van der Waals surface area contributed by atoms with E-state index >= 15 is 0 Å². The monoisotopic (exact) mass is 656 g/mol. The van der Waals surface area contributed by atoms with E-state index in [4.69, 9.17) is 9.97 Å². The van der Waals surface area contributed by atoms with Crippen molar-refractivity contribution in [1.82, 2.24) is 20.0 Å². The maximum absolute atomic E-state index is 14.3. The molecule has 0 unspecified atom stereocenters. The first-order valence-electron chi connectivity index (χ1n) is 18.3. The van der Waals surface area contributed by atoms with Crippen molar-refractivity contribution in [2.45, 2.75) is 120 Å². The molecule has 2 aliphatic heterocycles. The Labute approximate surface area is 283 Å². The fourth-order valence-corrected chi connectivity index (χ4v) is 10.6. The summed E-state index contributed by atoms with van der Waals surface area (Å²) in [5.41, 5.74) is 3.96. The number of aryl methyl sites for hydroxylation is 2. The average Bonchev–Trinajstić information content (AvgIpc) is 3.46. The number of piperidine rings is 2. The number of anilines is 2. The molecule has 2 aromatic heterocycles. The Kier molecular flexibility index (Phi) is 8.00. The lowest BCUT2D eigenvalue weighted by atomic mass is 9.33. The van der Waals surface area contributed by atoms with Gasteiger partial charge in [0.25, 0.3) is 0 Å². The van der Waals surface area contributed by atoms with Gasteiger partial charge in [-0.1, -0.05) is 31.9 Å². The van der Waals surface area contributed by atoms with Gasteiger partial charge in [-0.25, -0.2) is 9.37 Å². The van der Waals surface area contributed by atoms with E-state index < -0.39 is 11.4 Å². The zero-order chi connectivity index (χ0) is 33.2. The van der Waals surface area contributed by atoms with Crippen LogP contribution in [0.3, 0.4) is 0 Å². The van der Waals surface area contributed by atoms with Crippen LogP contribution in [0.5, 0.6) is 0 Å². The summed E-state index contributed by atoms with van der Waals surface area (Å²) in [4.78, 5) is 27.6. The van der Waals surface area contributed by atoms with E-state index in [9.17, 15) is 14.3 Å². The zero-order valence-corrected chi connectivity index (χ0v) is 28.7. The number of H-pyrrole nitrogens is 1. The largest absolute Gasteiger partial charge is 0.481 e. The molecule has 10 heteroatoms. The standard InChI is InChI=1S/C38H50FN7O2/c1-4-33(37-21-38(22-37,23-37)35(47)48)45(3)36-42-31-15-14-25(24-8-5-9-27(39)16-24)17-30(31)34(43-36)41-32(26-18-40-44(2)19-26)20-46-28-10-6-11-29(46)13-7-12-28/h5,8-9,16,18-19,25,28-29,32-33H,4,6-7,10-15,17,20-23H2,1-3H3,(H2,41,42,43,47,48)/p+1/t25-,28?,29?,32+,33-,37?,38?/m1/s1. The number of nitrogens with zero attached hydrogens (tertiary/aromatic N) is 5. The molecule has 3 atom stereocenters. The molecule has 48 heavy (non-hydrogen) atoms. The fourth-order valence-electron chi connectivity index (χ4n) is 10.6. The van der Waals surface area contributed by atoms with Crippen LogP contribution in [-0.2, 0) is 24.7 Å². The Morgan fingerprint density at radius 2 is 1.90 bits per heavy atom. The lowest BCUT2D eigenvalue weighted by Crippen LogP contribution is -2.72. The first-order chi connectivity index (χ1) is 23.2. The van der Waals surface area contributed by atoms with E-state index in [-0.39, 0.29) is 29.2 Å². The molecular formula is C38H51FN7O2+. The number of carboxylic acid groups (broad SMARTS) is 1. The molecule has 4 heterocycles. The van der Waals surface area contributed by atoms with E-state index in [0.717, 1.165) is 80.1 Å². The maximum Gasteiger partial charge on any atom is 0.309 e. The number of hydrogen-bond acceptors (Lipinski definition) is 6. The Morgan fingerprint density at radius 1 is 1.17 bits per heavy atom. The molecule has 9 nitrogen and oxygen atoms in total. The summed E-state index contributed by atoms with van der Waals surface area (Å²) < 4.78 is 16.4. The van der Waals surface area contributed by atoms with E-state index in [1.54, 1.807) is 6.07 Å². The highest BCUT2D eigenvalue weighted by molar-refractivity contribution is 5.79. The Balaban J connectivity index is 1.15. The van der Waals surface area contributed by atoms with E-state index in [1.165, 1.54) is 50.2 Å². The summed E-state index contributed by atoms with van der Waals surface area (Å²) in [7, 11) is 4.13. The summed E-state index contributed by atoms with van der Waals surface area (Å²) >= 11 is 0. The Morgan fingerprint density at radius 3 is 2.52 bits per heavy atom. The van der Waals surface area contributed by atoms with Gasteiger partial charge in [-0.2, -0.15) is 10.1 Å². The number of aliphatic carboxylic acids is 1. The highest BCUT2D eigenvalue weighted by atomic mass is 19.1. The van der Waals surface area contributed by atoms with Gasteiger partial charge in [0.15, 0.2) is 13.2 Å². The third kappa shape index (κ3) is 5.38. The van der Waals surface area contributed by atoms with E-state index in [1.807, 2.05) is 23.9 Å². The highest BCUT2D eigenvalue weighted by Crippen LogP contribution is 2.75. The number of halogens is 1. The van der Waals surface area contributed by atoms with E-state index in [0.29, 0.717) is 12.1 Å². The topological polar surface area (TPSA) is 101 Å². The van der Waals surface area contributed by atoms with Gasteiger partial charge < -0.3 is 15.3 Å². The van der Waals surface area contributed by atoms with Crippen molar-refractivity contribution in [3.63, 3.8) is 0 Å². The first-order valence-corrected chi connectivity index (χ1v) is 18.3. The van der Waals surface area contributed by atoms with Crippen LogP contribution >= 0.6 is 0 Å². The van der Waals surface area contributed by atoms with Gasteiger partial charge in [0.2, 0.25) is 5.95 Å². The van der Waals surface area contributed by atoms with Crippen molar-refractivity contribution in [2.24, 2.45) is 17.9 Å². The number of carboxylic acids is 1. The number of benzene rings is 1. The van der Waals surface area contributed by atoms with Gasteiger partial charge in [-0.3, -0.25) is 9.69 Å². The normalized spacial score (nSPS) is 30.4. The van der Waals surface area contributed by atoms with Gasteiger partial charge in [0.05, 0.1) is 28.9 Å². The van der Waals surface area contributed by atoms with Crippen molar-refractivity contribution < 1.29 is 19.0 Å². The number of aromatic nitrogens is 4. The molecular weight excluding hydrogens is 605 g/mol. The molecule has 4 aliphatic carbocycles. The van der Waals surface area contributed by atoms with Gasteiger partial charge >= 0.3 is 5.97 Å². The minimum atomic E-state index is -0.645. The van der Waals surface area contributed by atoms with Crippen LogP contribution in [0.1, 0.15) is 112 Å². The quantitative estimate of drug-likeness (QED) is 0.216. The summed E-state index contributed by atoms with van der Waals surface area (Å²) in [6.07, 6.45) is 17.7. The fraction of sp³-hybridized carbons (Fsp3) is 0.632. The number of fused-ring (bicyclic) bond motifs is 3. The lowest BCUT2D eigenvalue weighted by molar-refractivity contribution is -0.727. The number of rotatable bonds is 11. The molecule has 0 amide bonds. The minimum absolute atomic E-state index is 0.0195. The van der Waals surface area contributed by atoms with Gasteiger partial charge in [0, 0.05) is 37.3 Å². The second-order valence-corrected chi connectivity index (χ2v) is 15.9. The minimum Gasteiger partial charge on any atom is -0.481 e. The molecule has 5 fully saturated rings. The van der Waals surface area contributed by atoms with Gasteiger partial charge in [-0.05, 0) is 99.7 Å². The second-order valence-electron chi connectivity index (χ2n) is 15.9. The molecule has 2 saturated heterocycles. The molecule has 4 bridgehead atoms. The molecule has 256 valence electrons. The molecule has 0 spiro atoms. The van der Waals surface area contributed by atoms with E-state index in [2.05, 4.69) is 46.6 Å². The Hall–Kier alpha value is -3.53. The van der Waals surface area contributed by atoms with Crippen molar-refractivity contribution >= 4 is 17.7 Å². The molecule has 3 aromatic rings. The molecule has 1 aromatic carbocycles. The van der Waals surface area contributed by atoms with Gasteiger partial charge in [-0.15, -0.1) is 4.68 Å². The zero-order valence-electron chi connectivity index (χ0n) is 28.7. The molecule has 9 rings (SSSR count). The van der Waals surface area contributed by atoms with Crippen LogP contribution in [0.4, 0.5) is 16.2 Å². The molecule has 0 radical (unpaired) electrons. The Bertz CT molecular complexity index is 1650. The summed E-state index contributed by atoms with van der Waals surface area (Å²) in [6, 6.07) is 8.56. The molecule has 6 aliphatic rings. The first kappa shape index (κ1) is 31.7. The average molecular weight is 657 g/mol. The maximum atomic E-state index is 14.3. The highest BCUT2D eigenvalue weighted by Gasteiger charge is 2.74. The van der Waals surface area contributed by atoms with Crippen molar-refractivity contribution in [3.8, 4) is 0 Å². The summed E-state index contributed by atoms with van der Waals surface area (Å²) in [5, 5.41) is 17.2. The van der Waals surface area contributed by atoms with Crippen molar-refractivity contribution in [1.29, 1.82) is 0 Å². The van der Waals surface area contributed by atoms with Crippen LogP contribution in [0.2, 0.25) is 0 Å². The van der Waals surface area contributed by atoms with Crippen molar-refractivity contribution in [2.75, 3.05) is 23.8 Å². The van der Waals surface area contributed by atoms with Crippen LogP contribution in [0.15, 0.2) is 36.7 Å². The predicted molar refractivity (Wildman–Crippen MR) is 182 cm³/mol. The third-order valence-corrected chi connectivity index (χ3v) is 13.0. The van der Waals surface area contributed by atoms with Crippen LogP contribution in [-0.4, -0.2) is 62.8 Å². The number of nitrogens with one attached hydrogen (secondary N) is 2. The smallest absolute Gasteiger partial charge is 0.309 e. The van der Waals surface area contributed by atoms with Crippen molar-refractivity contribution in [3.05, 3.63) is 64.9 Å². The third-order valence-electron chi connectivity index (χ3n) is 13.0. The molecule has 3 N–H and O–H groups in total. The molecule has 3 saturated carbocycles. The number of hydrogen-bond donors (Lipinski definition) is 3. The van der Waals surface area contributed by atoms with Crippen LogP contribution < -0.4 is 14.9 Å². The number of carbonyl (C=O) groups is 1. The van der Waals surface area contributed by atoms with Gasteiger partial charge in [0.1, 0.15) is 11.6 Å². The number of aromatic amines is 1. The summed E-state index contributed by atoms with van der Waals surface area (Å²) in [6.45, 7) is 3.12. The SMILES string of the molecule is CC[C@@H](N(C)c1nc2c(c(N[C@@H](CN3C4CCCC3CCC4)c3c[nH][n+](C)c3)n1)C[C@H](c1cccc(F)c1)CC2)C12CC(C(=O)O)(C1)C2. The summed E-state index contributed by atoms with van der Waals surface area (Å²) in [5.74, 6) is 0.958. The van der Waals surface area contributed by atoms with Crippen LogP contribution in [0.25, 0.3) is 0 Å².